The van der Waals surface area contributed by atoms with Crippen LogP contribution >= 0.6 is 0 Å². The molecule has 1 aromatic rings. The summed E-state index contributed by atoms with van der Waals surface area (Å²) in [6.45, 7) is 7.09. The van der Waals surface area contributed by atoms with Crippen molar-refractivity contribution in [1.82, 2.24) is 9.88 Å². The summed E-state index contributed by atoms with van der Waals surface area (Å²) >= 11 is 0. The van der Waals surface area contributed by atoms with E-state index in [1.54, 1.807) is 0 Å². The van der Waals surface area contributed by atoms with Crippen LogP contribution in [-0.4, -0.2) is 17.7 Å². The van der Waals surface area contributed by atoms with E-state index in [0.29, 0.717) is 12.8 Å². The molecule has 2 rings (SSSR count). The third-order valence-corrected chi connectivity index (χ3v) is 3.26. The Morgan fingerprint density at radius 3 is 3.06 bits per heavy atom. The van der Waals surface area contributed by atoms with Crippen LogP contribution in [0.15, 0.2) is 18.5 Å². The van der Waals surface area contributed by atoms with Gasteiger partial charge in [-0.2, -0.15) is 0 Å². The summed E-state index contributed by atoms with van der Waals surface area (Å²) in [4.78, 5) is 0. The van der Waals surface area contributed by atoms with E-state index >= 15 is 0 Å². The molecule has 0 spiro atoms. The van der Waals surface area contributed by atoms with Crippen LogP contribution in [0, 0.1) is 5.92 Å². The molecule has 1 aliphatic rings. The molecule has 17 heavy (non-hydrogen) atoms. The summed E-state index contributed by atoms with van der Waals surface area (Å²) in [7, 11) is 0. The smallest absolute Gasteiger partial charge is 0.122 e. The fourth-order valence-electron chi connectivity index (χ4n) is 1.88. The first-order valence-corrected chi connectivity index (χ1v) is 6.76. The Kier molecular flexibility index (Phi) is 4.63. The SMILES string of the molecule is CCCNC(C)c1ccn(COCC2CC2)c1. The van der Waals surface area contributed by atoms with E-state index in [1.165, 1.54) is 24.8 Å². The Bertz CT molecular complexity index is 331. The fraction of sp³-hybridized carbons (Fsp3) is 0.714. The number of hydrogen-bond acceptors (Lipinski definition) is 2. The highest BCUT2D eigenvalue weighted by atomic mass is 16.5. The molecule has 0 amide bonds. The molecule has 1 atom stereocenters. The molecule has 1 aliphatic carbocycles. The van der Waals surface area contributed by atoms with Gasteiger partial charge in [0.1, 0.15) is 6.73 Å². The maximum absolute atomic E-state index is 5.66. The van der Waals surface area contributed by atoms with Crippen LogP contribution in [0.4, 0.5) is 0 Å². The molecule has 1 N–H and O–H groups in total. The van der Waals surface area contributed by atoms with E-state index in [-0.39, 0.29) is 0 Å². The van der Waals surface area contributed by atoms with E-state index in [1.807, 2.05) is 0 Å². The van der Waals surface area contributed by atoms with Crippen molar-refractivity contribution >= 4 is 0 Å². The maximum Gasteiger partial charge on any atom is 0.122 e. The van der Waals surface area contributed by atoms with Gasteiger partial charge in [-0.05, 0) is 50.3 Å². The van der Waals surface area contributed by atoms with E-state index < -0.39 is 0 Å². The van der Waals surface area contributed by atoms with Crippen LogP contribution in [-0.2, 0) is 11.5 Å². The highest BCUT2D eigenvalue weighted by molar-refractivity contribution is 5.14. The maximum atomic E-state index is 5.66. The van der Waals surface area contributed by atoms with Crippen molar-refractivity contribution in [2.24, 2.45) is 5.92 Å². The predicted molar refractivity (Wildman–Crippen MR) is 69.8 cm³/mol. The number of nitrogens with zero attached hydrogens (tertiary/aromatic N) is 1. The Morgan fingerprint density at radius 2 is 2.35 bits per heavy atom. The third kappa shape index (κ3) is 4.17. The molecule has 96 valence electrons. The van der Waals surface area contributed by atoms with Crippen LogP contribution in [0.5, 0.6) is 0 Å². The zero-order chi connectivity index (χ0) is 12.1. The molecule has 0 saturated heterocycles. The molecule has 1 aromatic heterocycles. The number of ether oxygens (including phenoxy) is 1. The normalized spacial score (nSPS) is 17.3. The van der Waals surface area contributed by atoms with E-state index in [2.05, 4.69) is 42.2 Å². The zero-order valence-electron chi connectivity index (χ0n) is 11.0. The standard InChI is InChI=1S/C14H24N2O/c1-3-7-15-12(2)14-6-8-16(9-14)11-17-10-13-4-5-13/h6,8-9,12-13,15H,3-5,7,10-11H2,1-2H3. The second kappa shape index (κ2) is 6.22. The summed E-state index contributed by atoms with van der Waals surface area (Å²) < 4.78 is 7.79. The van der Waals surface area contributed by atoms with E-state index in [9.17, 15) is 0 Å². The van der Waals surface area contributed by atoms with Crippen molar-refractivity contribution in [3.8, 4) is 0 Å². The highest BCUT2D eigenvalue weighted by Gasteiger charge is 2.21. The van der Waals surface area contributed by atoms with Gasteiger partial charge in [0.25, 0.3) is 0 Å². The number of aromatic nitrogens is 1. The molecule has 0 bridgehead atoms. The van der Waals surface area contributed by atoms with Crippen molar-refractivity contribution in [1.29, 1.82) is 0 Å². The summed E-state index contributed by atoms with van der Waals surface area (Å²) in [5.41, 5.74) is 1.34. The van der Waals surface area contributed by atoms with Gasteiger partial charge in [0.2, 0.25) is 0 Å². The van der Waals surface area contributed by atoms with Gasteiger partial charge in [-0.25, -0.2) is 0 Å². The molecular formula is C14H24N2O. The predicted octanol–water partition coefficient (Wildman–Crippen LogP) is 2.93. The van der Waals surface area contributed by atoms with Gasteiger partial charge in [-0.1, -0.05) is 6.92 Å². The lowest BCUT2D eigenvalue weighted by molar-refractivity contribution is 0.0691. The minimum Gasteiger partial charge on any atom is -0.361 e. The molecular weight excluding hydrogens is 212 g/mol. The van der Waals surface area contributed by atoms with Gasteiger partial charge in [0, 0.05) is 18.4 Å². The van der Waals surface area contributed by atoms with Crippen LogP contribution in [0.2, 0.25) is 0 Å². The largest absolute Gasteiger partial charge is 0.361 e. The van der Waals surface area contributed by atoms with Gasteiger partial charge in [-0.3, -0.25) is 0 Å². The van der Waals surface area contributed by atoms with Crippen LogP contribution in [0.3, 0.4) is 0 Å². The lowest BCUT2D eigenvalue weighted by Crippen LogP contribution is -2.18. The number of rotatable bonds is 8. The van der Waals surface area contributed by atoms with Crippen molar-refractivity contribution < 1.29 is 4.74 Å². The average Bonchev–Trinajstić information content (AvgIpc) is 3.03. The molecule has 1 heterocycles. The van der Waals surface area contributed by atoms with Crippen molar-refractivity contribution in [2.45, 2.75) is 45.9 Å². The quantitative estimate of drug-likeness (QED) is 0.751. The first kappa shape index (κ1) is 12.7. The van der Waals surface area contributed by atoms with Gasteiger partial charge in [-0.15, -0.1) is 0 Å². The third-order valence-electron chi connectivity index (χ3n) is 3.26. The van der Waals surface area contributed by atoms with Gasteiger partial charge in [0.05, 0.1) is 6.61 Å². The Morgan fingerprint density at radius 1 is 1.53 bits per heavy atom. The average molecular weight is 236 g/mol. The number of hydrogen-bond donors (Lipinski definition) is 1. The van der Waals surface area contributed by atoms with Crippen molar-refractivity contribution in [2.75, 3.05) is 13.2 Å². The molecule has 0 aliphatic heterocycles. The van der Waals surface area contributed by atoms with Crippen molar-refractivity contribution in [3.05, 3.63) is 24.0 Å². The lowest BCUT2D eigenvalue weighted by atomic mass is 10.2. The summed E-state index contributed by atoms with van der Waals surface area (Å²) in [6.07, 6.45) is 8.17. The van der Waals surface area contributed by atoms with Gasteiger partial charge >= 0.3 is 0 Å². The monoisotopic (exact) mass is 236 g/mol. The number of nitrogens with one attached hydrogen (secondary N) is 1. The van der Waals surface area contributed by atoms with Crippen LogP contribution in [0.25, 0.3) is 0 Å². The minimum absolute atomic E-state index is 0.430. The molecule has 3 heteroatoms. The topological polar surface area (TPSA) is 26.2 Å². The van der Waals surface area contributed by atoms with Gasteiger partial charge < -0.3 is 14.6 Å². The minimum atomic E-state index is 0.430. The molecule has 0 aromatic carbocycles. The van der Waals surface area contributed by atoms with Crippen LogP contribution in [0.1, 0.15) is 44.7 Å². The summed E-state index contributed by atoms with van der Waals surface area (Å²) in [6, 6.07) is 2.60. The first-order valence-electron chi connectivity index (χ1n) is 6.76. The molecule has 1 fully saturated rings. The fourth-order valence-corrected chi connectivity index (χ4v) is 1.88. The van der Waals surface area contributed by atoms with Crippen LogP contribution < -0.4 is 5.32 Å². The Labute approximate surface area is 104 Å². The highest BCUT2D eigenvalue weighted by Crippen LogP contribution is 2.28. The second-order valence-electron chi connectivity index (χ2n) is 5.08. The first-order chi connectivity index (χ1) is 8.29. The zero-order valence-corrected chi connectivity index (χ0v) is 11.0. The summed E-state index contributed by atoms with van der Waals surface area (Å²) in [5, 5.41) is 3.49. The molecule has 0 radical (unpaired) electrons. The lowest BCUT2D eigenvalue weighted by Gasteiger charge is -2.11. The summed E-state index contributed by atoms with van der Waals surface area (Å²) in [5.74, 6) is 0.843. The molecule has 1 saturated carbocycles. The van der Waals surface area contributed by atoms with E-state index in [0.717, 1.165) is 19.1 Å². The molecule has 1 unspecified atom stereocenters. The van der Waals surface area contributed by atoms with Crippen molar-refractivity contribution in [3.63, 3.8) is 0 Å². The Hall–Kier alpha value is -0.800. The van der Waals surface area contributed by atoms with Gasteiger partial charge in [0.15, 0.2) is 0 Å². The molecule has 3 nitrogen and oxygen atoms in total. The Balaban J connectivity index is 1.73. The second-order valence-corrected chi connectivity index (χ2v) is 5.08. The van der Waals surface area contributed by atoms with E-state index in [4.69, 9.17) is 4.74 Å².